The minimum atomic E-state index is -0.744. The Morgan fingerprint density at radius 1 is 1.09 bits per heavy atom. The molecule has 4 heteroatoms. The topological polar surface area (TPSA) is 63.4 Å². The third kappa shape index (κ3) is 3.80. The average Bonchev–Trinajstić information content (AvgIpc) is 2.56. The maximum Gasteiger partial charge on any atom is 0.269 e. The first-order chi connectivity index (χ1) is 10.6. The standard InChI is InChI=1S/C18H19NO3/c1-2-3-9-17(14-7-5-4-6-8-14)18(20)15-10-12-16(13-11-15)19(21)22/h3-13,17-18,20H,2H2,1H3/b9-3-/t17-,18-/m0/s1. The van der Waals surface area contributed by atoms with Crippen LogP contribution in [0.1, 0.15) is 36.5 Å². The molecule has 1 N–H and O–H groups in total. The number of aliphatic hydroxyl groups is 1. The van der Waals surface area contributed by atoms with E-state index in [9.17, 15) is 15.2 Å². The molecule has 0 spiro atoms. The molecule has 0 amide bonds. The predicted molar refractivity (Wildman–Crippen MR) is 86.7 cm³/mol. The van der Waals surface area contributed by atoms with Crippen molar-refractivity contribution in [1.82, 2.24) is 0 Å². The first-order valence-electron chi connectivity index (χ1n) is 7.27. The first kappa shape index (κ1) is 15.9. The number of aliphatic hydroxyl groups excluding tert-OH is 1. The average molecular weight is 297 g/mol. The van der Waals surface area contributed by atoms with Gasteiger partial charge in [0.25, 0.3) is 5.69 Å². The smallest absolute Gasteiger partial charge is 0.269 e. The number of hydrogen-bond acceptors (Lipinski definition) is 3. The lowest BCUT2D eigenvalue weighted by Gasteiger charge is -2.21. The molecule has 0 radical (unpaired) electrons. The van der Waals surface area contributed by atoms with Gasteiger partial charge in [0.1, 0.15) is 0 Å². The fourth-order valence-corrected chi connectivity index (χ4v) is 2.36. The lowest BCUT2D eigenvalue weighted by molar-refractivity contribution is -0.384. The van der Waals surface area contributed by atoms with E-state index in [0.717, 1.165) is 12.0 Å². The highest BCUT2D eigenvalue weighted by Gasteiger charge is 2.20. The number of rotatable bonds is 6. The molecule has 0 aliphatic rings. The second-order valence-electron chi connectivity index (χ2n) is 5.07. The van der Waals surface area contributed by atoms with Gasteiger partial charge in [-0.1, -0.05) is 49.4 Å². The van der Waals surface area contributed by atoms with Crippen LogP contribution in [0.2, 0.25) is 0 Å². The van der Waals surface area contributed by atoms with Gasteiger partial charge in [-0.25, -0.2) is 0 Å². The van der Waals surface area contributed by atoms with Crippen molar-refractivity contribution in [2.45, 2.75) is 25.4 Å². The molecule has 2 aromatic carbocycles. The first-order valence-corrected chi connectivity index (χ1v) is 7.27. The fraction of sp³-hybridized carbons (Fsp3) is 0.222. The number of nitro benzene ring substituents is 1. The van der Waals surface area contributed by atoms with Gasteiger partial charge in [-0.2, -0.15) is 0 Å². The summed E-state index contributed by atoms with van der Waals surface area (Å²) >= 11 is 0. The molecule has 0 saturated heterocycles. The van der Waals surface area contributed by atoms with E-state index in [4.69, 9.17) is 0 Å². The van der Waals surface area contributed by atoms with Gasteiger partial charge in [0.2, 0.25) is 0 Å². The largest absolute Gasteiger partial charge is 0.387 e. The number of hydrogen-bond donors (Lipinski definition) is 1. The number of benzene rings is 2. The summed E-state index contributed by atoms with van der Waals surface area (Å²) in [7, 11) is 0. The molecule has 2 aromatic rings. The lowest BCUT2D eigenvalue weighted by Crippen LogP contribution is -2.09. The van der Waals surface area contributed by atoms with Crippen LogP contribution in [0.4, 0.5) is 5.69 Å². The van der Waals surface area contributed by atoms with E-state index in [0.29, 0.717) is 5.56 Å². The summed E-state index contributed by atoms with van der Waals surface area (Å²) in [5.41, 5.74) is 1.70. The molecule has 0 saturated carbocycles. The van der Waals surface area contributed by atoms with Gasteiger partial charge in [0.15, 0.2) is 0 Å². The summed E-state index contributed by atoms with van der Waals surface area (Å²) in [5, 5.41) is 21.4. The van der Waals surface area contributed by atoms with Crippen LogP contribution in [0.25, 0.3) is 0 Å². The Bertz CT molecular complexity index is 635. The summed E-state index contributed by atoms with van der Waals surface area (Å²) < 4.78 is 0. The molecule has 0 aromatic heterocycles. The zero-order chi connectivity index (χ0) is 15.9. The van der Waals surface area contributed by atoms with Crippen molar-refractivity contribution in [2.24, 2.45) is 0 Å². The maximum absolute atomic E-state index is 10.7. The molecule has 2 rings (SSSR count). The second kappa shape index (κ2) is 7.52. The summed E-state index contributed by atoms with van der Waals surface area (Å²) in [6.45, 7) is 2.04. The monoisotopic (exact) mass is 297 g/mol. The third-order valence-electron chi connectivity index (χ3n) is 3.55. The minimum absolute atomic E-state index is 0.0244. The predicted octanol–water partition coefficient (Wildman–Crippen LogP) is 4.38. The summed E-state index contributed by atoms with van der Waals surface area (Å²) in [6, 6.07) is 15.8. The Morgan fingerprint density at radius 3 is 2.27 bits per heavy atom. The van der Waals surface area contributed by atoms with Crippen LogP contribution in [0.15, 0.2) is 66.7 Å². The highest BCUT2D eigenvalue weighted by molar-refractivity contribution is 5.36. The van der Waals surface area contributed by atoms with Crippen LogP contribution in [-0.2, 0) is 0 Å². The molecule has 0 unspecified atom stereocenters. The van der Waals surface area contributed by atoms with Crippen molar-refractivity contribution in [3.8, 4) is 0 Å². The highest BCUT2D eigenvalue weighted by atomic mass is 16.6. The maximum atomic E-state index is 10.7. The lowest BCUT2D eigenvalue weighted by atomic mass is 9.88. The SMILES string of the molecule is CC/C=C\[C@@H](c1ccccc1)[C@@H](O)c1ccc([N+](=O)[O-])cc1. The molecular weight excluding hydrogens is 278 g/mol. The minimum Gasteiger partial charge on any atom is -0.387 e. The molecular formula is C18H19NO3. The Balaban J connectivity index is 2.30. The zero-order valence-electron chi connectivity index (χ0n) is 12.4. The van der Waals surface area contributed by atoms with Crippen molar-refractivity contribution in [3.05, 3.63) is 88.0 Å². The third-order valence-corrected chi connectivity index (χ3v) is 3.55. The number of nitrogens with zero attached hydrogens (tertiary/aromatic N) is 1. The zero-order valence-corrected chi connectivity index (χ0v) is 12.4. The highest BCUT2D eigenvalue weighted by Crippen LogP contribution is 2.33. The number of allylic oxidation sites excluding steroid dienone is 1. The van der Waals surface area contributed by atoms with Gasteiger partial charge >= 0.3 is 0 Å². The summed E-state index contributed by atoms with van der Waals surface area (Å²) in [4.78, 5) is 10.3. The Kier molecular flexibility index (Phi) is 5.44. The molecule has 4 nitrogen and oxygen atoms in total. The van der Waals surface area contributed by atoms with Gasteiger partial charge in [-0.3, -0.25) is 10.1 Å². The quantitative estimate of drug-likeness (QED) is 0.489. The molecule has 114 valence electrons. The van der Waals surface area contributed by atoms with E-state index < -0.39 is 11.0 Å². The van der Waals surface area contributed by atoms with Crippen LogP contribution in [0.3, 0.4) is 0 Å². The van der Waals surface area contributed by atoms with Gasteiger partial charge in [-0.15, -0.1) is 0 Å². The molecule has 0 fully saturated rings. The van der Waals surface area contributed by atoms with Crippen molar-refractivity contribution in [2.75, 3.05) is 0 Å². The number of nitro groups is 1. The Hall–Kier alpha value is -2.46. The van der Waals surface area contributed by atoms with Crippen LogP contribution >= 0.6 is 0 Å². The van der Waals surface area contributed by atoms with Crippen molar-refractivity contribution in [1.29, 1.82) is 0 Å². The van der Waals surface area contributed by atoms with E-state index >= 15 is 0 Å². The van der Waals surface area contributed by atoms with Crippen molar-refractivity contribution < 1.29 is 10.0 Å². The molecule has 2 atom stereocenters. The molecule has 0 heterocycles. The number of non-ortho nitro benzene ring substituents is 1. The van der Waals surface area contributed by atoms with Crippen LogP contribution in [0, 0.1) is 10.1 Å². The second-order valence-corrected chi connectivity index (χ2v) is 5.07. The van der Waals surface area contributed by atoms with Gasteiger partial charge in [0, 0.05) is 18.1 Å². The van der Waals surface area contributed by atoms with Gasteiger partial charge < -0.3 is 5.11 Å². The van der Waals surface area contributed by atoms with E-state index in [-0.39, 0.29) is 11.6 Å². The van der Waals surface area contributed by atoms with Crippen molar-refractivity contribution >= 4 is 5.69 Å². The summed E-state index contributed by atoms with van der Waals surface area (Å²) in [5.74, 6) is -0.178. The molecule has 22 heavy (non-hydrogen) atoms. The van der Waals surface area contributed by atoms with Gasteiger partial charge in [0.05, 0.1) is 11.0 Å². The molecule has 0 bridgehead atoms. The van der Waals surface area contributed by atoms with Crippen molar-refractivity contribution in [3.63, 3.8) is 0 Å². The Morgan fingerprint density at radius 2 is 1.73 bits per heavy atom. The Labute approximate surface area is 129 Å². The molecule has 0 aliphatic heterocycles. The fourth-order valence-electron chi connectivity index (χ4n) is 2.36. The molecule has 0 aliphatic carbocycles. The van der Waals surface area contributed by atoms with E-state index in [1.165, 1.54) is 12.1 Å². The van der Waals surface area contributed by atoms with E-state index in [2.05, 4.69) is 0 Å². The normalized spacial score (nSPS) is 13.9. The summed E-state index contributed by atoms with van der Waals surface area (Å²) in [6.07, 6.45) is 4.15. The van der Waals surface area contributed by atoms with Crippen LogP contribution in [-0.4, -0.2) is 10.0 Å². The van der Waals surface area contributed by atoms with E-state index in [1.807, 2.05) is 49.4 Å². The van der Waals surface area contributed by atoms with E-state index in [1.54, 1.807) is 12.1 Å². The van der Waals surface area contributed by atoms with Crippen LogP contribution in [0.5, 0.6) is 0 Å². The van der Waals surface area contributed by atoms with Gasteiger partial charge in [-0.05, 0) is 29.7 Å². The van der Waals surface area contributed by atoms with Crippen LogP contribution < -0.4 is 0 Å².